The summed E-state index contributed by atoms with van der Waals surface area (Å²) in [6.45, 7) is 3.94. The fraction of sp³-hybridized carbons (Fsp3) is 0.0769. The molecule has 0 spiro atoms. The minimum atomic E-state index is 0.603. The van der Waals surface area contributed by atoms with Crippen molar-refractivity contribution in [3.63, 3.8) is 0 Å². The van der Waals surface area contributed by atoms with Gasteiger partial charge in [0, 0.05) is 99.8 Å². The van der Waals surface area contributed by atoms with Crippen LogP contribution in [0.25, 0.3) is 111 Å². The van der Waals surface area contributed by atoms with Crippen molar-refractivity contribution in [2.75, 3.05) is 12.3 Å². The monoisotopic (exact) mass is 862 g/mol. The first kappa shape index (κ1) is 39.9. The lowest BCUT2D eigenvalue weighted by Gasteiger charge is -2.06. The summed E-state index contributed by atoms with van der Waals surface area (Å²) in [5, 5.41) is 23.1. The summed E-state index contributed by atoms with van der Waals surface area (Å²) in [5.41, 5.74) is 23.2. The molecular weight excluding hydrogens is 821 g/mol. The van der Waals surface area contributed by atoms with Crippen LogP contribution in [0.3, 0.4) is 0 Å². The van der Waals surface area contributed by atoms with Gasteiger partial charge in [0.2, 0.25) is 0 Å². The minimum absolute atomic E-state index is 0.603. The van der Waals surface area contributed by atoms with E-state index in [4.69, 9.17) is 5.73 Å². The summed E-state index contributed by atoms with van der Waals surface area (Å²) in [4.78, 5) is 33.2. The molecular formula is C52H42N14. The quantitative estimate of drug-likeness (QED) is 0.0718. The average molecular weight is 863 g/mol. The predicted octanol–water partition coefficient (Wildman–Crippen LogP) is 10.5. The van der Waals surface area contributed by atoms with Gasteiger partial charge in [0.15, 0.2) is 0 Å². The maximum absolute atomic E-state index is 5.90. The number of pyridine rings is 6. The standard InChI is InChI=1S/C28H25N7.C24H17N7/c1-2-8-30-14-18-11-20(16-31-15-18)25-13-23-27(17-32-25)34-35-28(23)26-12-22-21(4-3-5-24(22)33-26)19-6-9-29-10-7-19;25-16-8-15(11-27-12-16)21-10-19-23(13-28-21)30-31-24(19)22-9-18-17(2-1-3-20(18)29-22)14-4-6-26-7-5-14/h3-7,9-13,15-17,30,33H,2,8,14H2,1H3,(H,34,35);1-13,29H,25H2,(H,30,31). The molecule has 0 aliphatic carbocycles. The molecule has 0 aliphatic rings. The maximum atomic E-state index is 5.90. The molecule has 10 aromatic heterocycles. The van der Waals surface area contributed by atoms with Gasteiger partial charge in [-0.3, -0.25) is 40.1 Å². The van der Waals surface area contributed by atoms with Crippen LogP contribution in [0.4, 0.5) is 5.69 Å². The van der Waals surface area contributed by atoms with Crippen LogP contribution in [0.2, 0.25) is 0 Å². The van der Waals surface area contributed by atoms with Crippen LogP contribution in [-0.4, -0.2) is 66.8 Å². The molecule has 0 fully saturated rings. The third-order valence-electron chi connectivity index (χ3n) is 11.6. The zero-order valence-corrected chi connectivity index (χ0v) is 35.8. The Balaban J connectivity index is 0.000000147. The van der Waals surface area contributed by atoms with Gasteiger partial charge in [-0.05, 0) is 114 Å². The molecule has 320 valence electrons. The molecule has 7 N–H and O–H groups in total. The molecule has 0 unspecified atom stereocenters. The van der Waals surface area contributed by atoms with Crippen molar-refractivity contribution >= 4 is 49.3 Å². The number of nitrogens with two attached hydrogens (primary N) is 1. The summed E-state index contributed by atoms with van der Waals surface area (Å²) in [6.07, 6.45) is 19.1. The van der Waals surface area contributed by atoms with Crippen LogP contribution in [-0.2, 0) is 6.54 Å². The van der Waals surface area contributed by atoms with E-state index in [1.807, 2.05) is 79.8 Å². The Morgan fingerprint density at radius 2 is 1.03 bits per heavy atom. The second kappa shape index (κ2) is 17.4. The first-order chi connectivity index (χ1) is 32.6. The number of aromatic amines is 4. The Morgan fingerprint density at radius 3 is 1.56 bits per heavy atom. The van der Waals surface area contributed by atoms with Crippen LogP contribution in [0.1, 0.15) is 18.9 Å². The van der Waals surface area contributed by atoms with Crippen molar-refractivity contribution in [1.29, 1.82) is 0 Å². The Morgan fingerprint density at radius 1 is 0.500 bits per heavy atom. The summed E-state index contributed by atoms with van der Waals surface area (Å²) >= 11 is 0. The van der Waals surface area contributed by atoms with Crippen LogP contribution < -0.4 is 11.1 Å². The molecule has 2 aromatic carbocycles. The second-order valence-electron chi connectivity index (χ2n) is 16.0. The molecule has 0 bridgehead atoms. The van der Waals surface area contributed by atoms with Crippen molar-refractivity contribution < 1.29 is 0 Å². The van der Waals surface area contributed by atoms with Crippen molar-refractivity contribution in [3.8, 4) is 67.5 Å². The third kappa shape index (κ3) is 7.77. The van der Waals surface area contributed by atoms with E-state index in [1.54, 1.807) is 18.6 Å². The number of H-pyrrole nitrogens is 4. The number of nitrogens with zero attached hydrogens (tertiary/aromatic N) is 8. The number of anilines is 1. The molecule has 0 aliphatic heterocycles. The van der Waals surface area contributed by atoms with Gasteiger partial charge in [0.25, 0.3) is 0 Å². The normalized spacial score (nSPS) is 11.4. The molecule has 0 saturated carbocycles. The zero-order chi connectivity index (χ0) is 44.4. The second-order valence-corrected chi connectivity index (χ2v) is 16.0. The van der Waals surface area contributed by atoms with Crippen molar-refractivity contribution in [3.05, 3.63) is 165 Å². The van der Waals surface area contributed by atoms with Gasteiger partial charge < -0.3 is 21.0 Å². The van der Waals surface area contributed by atoms with E-state index in [0.717, 1.165) is 136 Å². The minimum Gasteiger partial charge on any atom is -0.397 e. The van der Waals surface area contributed by atoms with E-state index in [9.17, 15) is 0 Å². The van der Waals surface area contributed by atoms with Gasteiger partial charge in [-0.1, -0.05) is 31.2 Å². The molecule has 66 heavy (non-hydrogen) atoms. The van der Waals surface area contributed by atoms with Crippen LogP contribution >= 0.6 is 0 Å². The smallest absolute Gasteiger partial charge is 0.116 e. The summed E-state index contributed by atoms with van der Waals surface area (Å²) in [7, 11) is 0. The topological polar surface area (TPSA) is 204 Å². The summed E-state index contributed by atoms with van der Waals surface area (Å²) < 4.78 is 0. The van der Waals surface area contributed by atoms with E-state index in [-0.39, 0.29) is 0 Å². The highest BCUT2D eigenvalue weighted by atomic mass is 15.1. The number of fused-ring (bicyclic) bond motifs is 4. The SMILES string of the molecule is CCCNCc1cncc(-c2cc3c(-c4cc5c(-c6ccncc6)cccc5[nH]4)n[nH]c3cn2)c1.Nc1cncc(-c2cc3c(-c4cc5c(-c6ccncc6)cccc5[nH]4)n[nH]c3cn2)c1. The van der Waals surface area contributed by atoms with Gasteiger partial charge in [-0.15, -0.1) is 0 Å². The molecule has 0 amide bonds. The highest BCUT2D eigenvalue weighted by Crippen LogP contribution is 2.37. The van der Waals surface area contributed by atoms with E-state index in [0.29, 0.717) is 5.69 Å². The number of rotatable bonds is 10. The lowest BCUT2D eigenvalue weighted by Crippen LogP contribution is -2.13. The molecule has 14 heteroatoms. The molecule has 10 heterocycles. The molecule has 0 saturated heterocycles. The predicted molar refractivity (Wildman–Crippen MR) is 262 cm³/mol. The van der Waals surface area contributed by atoms with Gasteiger partial charge in [-0.25, -0.2) is 0 Å². The first-order valence-corrected chi connectivity index (χ1v) is 21.7. The van der Waals surface area contributed by atoms with Gasteiger partial charge in [0.05, 0.1) is 51.9 Å². The molecule has 0 atom stereocenters. The summed E-state index contributed by atoms with van der Waals surface area (Å²) in [5.74, 6) is 0. The van der Waals surface area contributed by atoms with Gasteiger partial charge >= 0.3 is 0 Å². The lowest BCUT2D eigenvalue weighted by molar-refractivity contribution is 0.674. The Hall–Kier alpha value is -8.88. The Bertz CT molecular complexity index is 3640. The molecule has 12 aromatic rings. The van der Waals surface area contributed by atoms with Crippen LogP contribution in [0.5, 0.6) is 0 Å². The average Bonchev–Trinajstić information content (AvgIpc) is 4.19. The van der Waals surface area contributed by atoms with Crippen LogP contribution in [0, 0.1) is 0 Å². The number of aromatic nitrogens is 12. The zero-order valence-electron chi connectivity index (χ0n) is 35.8. The first-order valence-electron chi connectivity index (χ1n) is 21.7. The molecule has 14 nitrogen and oxygen atoms in total. The Labute approximate surface area is 377 Å². The number of nitrogen functional groups attached to an aromatic ring is 1. The maximum Gasteiger partial charge on any atom is 0.116 e. The number of nitrogens with one attached hydrogen (secondary N) is 5. The number of benzene rings is 2. The Kier molecular flexibility index (Phi) is 10.5. The van der Waals surface area contributed by atoms with Crippen molar-refractivity contribution in [2.45, 2.75) is 19.9 Å². The molecule has 0 radical (unpaired) electrons. The highest BCUT2D eigenvalue weighted by molar-refractivity contribution is 6.03. The van der Waals surface area contributed by atoms with E-state index in [2.05, 4.69) is 133 Å². The number of hydrogen-bond acceptors (Lipinski definition) is 10. The molecule has 12 rings (SSSR count). The third-order valence-corrected chi connectivity index (χ3v) is 11.6. The van der Waals surface area contributed by atoms with E-state index >= 15 is 0 Å². The largest absolute Gasteiger partial charge is 0.397 e. The number of hydrogen-bond donors (Lipinski definition) is 6. The van der Waals surface area contributed by atoms with Crippen LogP contribution in [0.15, 0.2) is 159 Å². The van der Waals surface area contributed by atoms with E-state index in [1.165, 1.54) is 0 Å². The van der Waals surface area contributed by atoms with E-state index < -0.39 is 0 Å². The fourth-order valence-electron chi connectivity index (χ4n) is 8.42. The van der Waals surface area contributed by atoms with Gasteiger partial charge in [-0.2, -0.15) is 10.2 Å². The van der Waals surface area contributed by atoms with Crippen molar-refractivity contribution in [1.82, 2.24) is 65.6 Å². The van der Waals surface area contributed by atoms with Gasteiger partial charge in [0.1, 0.15) is 11.4 Å². The summed E-state index contributed by atoms with van der Waals surface area (Å²) in [6, 6.07) is 33.1. The lowest BCUT2D eigenvalue weighted by atomic mass is 10.0. The highest BCUT2D eigenvalue weighted by Gasteiger charge is 2.17. The fourth-order valence-corrected chi connectivity index (χ4v) is 8.42. The van der Waals surface area contributed by atoms with Crippen molar-refractivity contribution in [2.24, 2.45) is 0 Å².